The van der Waals surface area contributed by atoms with Gasteiger partial charge in [-0.2, -0.15) is 0 Å². The van der Waals surface area contributed by atoms with Gasteiger partial charge in [-0.3, -0.25) is 4.57 Å². The number of nitrogens with zero attached hydrogens (tertiary/aromatic N) is 3. The Hall–Kier alpha value is -2.97. The van der Waals surface area contributed by atoms with Crippen molar-refractivity contribution < 1.29 is 14.3 Å². The second-order valence-corrected chi connectivity index (χ2v) is 7.78. The monoisotopic (exact) mass is 411 g/mol. The molecule has 0 aliphatic rings. The van der Waals surface area contributed by atoms with Gasteiger partial charge in [0.2, 0.25) is 0 Å². The topological polar surface area (TPSA) is 68.0 Å². The summed E-state index contributed by atoms with van der Waals surface area (Å²) in [4.78, 5) is 11.9. The summed E-state index contributed by atoms with van der Waals surface area (Å²) >= 11 is 3.04. The number of aromatic nitrogens is 3. The standard InChI is InChI=1S/C20H14FN3O2S2/c21-15-7-9-16(10-8-15)24-18(17-2-1-11-27-17)22-23-20(24)28-12-13-3-5-14(6-4-13)19(25)26/h1-11H,12H2,(H,25,26). The van der Waals surface area contributed by atoms with Crippen molar-refractivity contribution in [2.24, 2.45) is 0 Å². The van der Waals surface area contributed by atoms with Gasteiger partial charge in [-0.1, -0.05) is 30.0 Å². The molecule has 0 fully saturated rings. The van der Waals surface area contributed by atoms with Crippen molar-refractivity contribution in [2.45, 2.75) is 10.9 Å². The van der Waals surface area contributed by atoms with E-state index < -0.39 is 5.97 Å². The molecule has 0 spiro atoms. The Morgan fingerprint density at radius 2 is 1.82 bits per heavy atom. The van der Waals surface area contributed by atoms with Gasteiger partial charge in [0.05, 0.1) is 10.4 Å². The molecule has 4 rings (SSSR count). The van der Waals surface area contributed by atoms with Gasteiger partial charge >= 0.3 is 5.97 Å². The van der Waals surface area contributed by atoms with Gasteiger partial charge in [0.1, 0.15) is 5.82 Å². The molecule has 28 heavy (non-hydrogen) atoms. The number of hydrogen-bond donors (Lipinski definition) is 1. The molecule has 0 aliphatic carbocycles. The first kappa shape index (κ1) is 18.4. The number of benzene rings is 2. The van der Waals surface area contributed by atoms with Gasteiger partial charge in [-0.25, -0.2) is 9.18 Å². The Kier molecular flexibility index (Phi) is 5.23. The van der Waals surface area contributed by atoms with E-state index in [1.807, 2.05) is 22.1 Å². The van der Waals surface area contributed by atoms with Crippen LogP contribution in [0.1, 0.15) is 15.9 Å². The summed E-state index contributed by atoms with van der Waals surface area (Å²) in [5, 5.41) is 20.3. The zero-order valence-electron chi connectivity index (χ0n) is 14.4. The molecule has 5 nitrogen and oxygen atoms in total. The highest BCUT2D eigenvalue weighted by Crippen LogP contribution is 2.31. The number of carbonyl (C=O) groups is 1. The summed E-state index contributed by atoms with van der Waals surface area (Å²) in [7, 11) is 0. The first-order valence-corrected chi connectivity index (χ1v) is 10.2. The Morgan fingerprint density at radius 3 is 2.46 bits per heavy atom. The zero-order chi connectivity index (χ0) is 19.5. The normalized spacial score (nSPS) is 10.9. The summed E-state index contributed by atoms with van der Waals surface area (Å²) in [5.74, 6) is 0.0485. The maximum absolute atomic E-state index is 13.4. The van der Waals surface area contributed by atoms with Crippen LogP contribution in [0.4, 0.5) is 4.39 Å². The highest BCUT2D eigenvalue weighted by atomic mass is 32.2. The van der Waals surface area contributed by atoms with Crippen LogP contribution >= 0.6 is 23.1 Å². The van der Waals surface area contributed by atoms with E-state index in [0.29, 0.717) is 16.7 Å². The number of carboxylic acid groups (broad SMARTS) is 1. The molecule has 0 saturated heterocycles. The summed E-state index contributed by atoms with van der Waals surface area (Å²) in [6.07, 6.45) is 0. The third-order valence-corrected chi connectivity index (χ3v) is 5.89. The Bertz CT molecular complexity index is 1090. The van der Waals surface area contributed by atoms with Crippen LogP contribution in [0.3, 0.4) is 0 Å². The number of thiophene rings is 1. The minimum atomic E-state index is -0.948. The van der Waals surface area contributed by atoms with E-state index in [1.54, 1.807) is 47.7 Å². The van der Waals surface area contributed by atoms with Crippen molar-refractivity contribution in [1.29, 1.82) is 0 Å². The second kappa shape index (κ2) is 7.95. The third-order valence-electron chi connectivity index (χ3n) is 4.03. The Balaban J connectivity index is 1.65. The summed E-state index contributed by atoms with van der Waals surface area (Å²) in [5.41, 5.74) is 2.00. The SMILES string of the molecule is O=C(O)c1ccc(CSc2nnc(-c3cccs3)n2-c2ccc(F)cc2)cc1. The molecule has 4 aromatic rings. The minimum Gasteiger partial charge on any atom is -0.478 e. The fourth-order valence-corrected chi connectivity index (χ4v) is 4.25. The molecular weight excluding hydrogens is 397 g/mol. The molecule has 0 radical (unpaired) electrons. The lowest BCUT2D eigenvalue weighted by molar-refractivity contribution is 0.0697. The smallest absolute Gasteiger partial charge is 0.335 e. The molecule has 0 aliphatic heterocycles. The third kappa shape index (κ3) is 3.83. The largest absolute Gasteiger partial charge is 0.478 e. The summed E-state index contributed by atoms with van der Waals surface area (Å²) < 4.78 is 15.3. The minimum absolute atomic E-state index is 0.253. The van der Waals surface area contributed by atoms with Gasteiger partial charge in [-0.05, 0) is 53.4 Å². The van der Waals surface area contributed by atoms with Gasteiger partial charge in [-0.15, -0.1) is 21.5 Å². The van der Waals surface area contributed by atoms with E-state index >= 15 is 0 Å². The highest BCUT2D eigenvalue weighted by molar-refractivity contribution is 7.98. The molecule has 0 bridgehead atoms. The van der Waals surface area contributed by atoms with Crippen molar-refractivity contribution in [2.75, 3.05) is 0 Å². The number of carboxylic acids is 1. The first-order chi connectivity index (χ1) is 13.6. The Morgan fingerprint density at radius 1 is 1.07 bits per heavy atom. The van der Waals surface area contributed by atoms with Crippen molar-refractivity contribution >= 4 is 29.1 Å². The van der Waals surface area contributed by atoms with E-state index in [4.69, 9.17) is 5.11 Å². The van der Waals surface area contributed by atoms with Crippen LogP contribution in [0.5, 0.6) is 0 Å². The van der Waals surface area contributed by atoms with E-state index in [2.05, 4.69) is 10.2 Å². The number of aromatic carboxylic acids is 1. The second-order valence-electron chi connectivity index (χ2n) is 5.89. The van der Waals surface area contributed by atoms with Crippen LogP contribution < -0.4 is 0 Å². The summed E-state index contributed by atoms with van der Waals surface area (Å²) in [6, 6.07) is 16.9. The molecule has 0 amide bonds. The average molecular weight is 411 g/mol. The number of thioether (sulfide) groups is 1. The molecule has 0 saturated carbocycles. The van der Waals surface area contributed by atoms with Crippen molar-refractivity contribution in [3.05, 3.63) is 83.0 Å². The molecule has 2 aromatic carbocycles. The predicted octanol–water partition coefficient (Wildman–Crippen LogP) is 5.13. The number of rotatable bonds is 6. The maximum atomic E-state index is 13.4. The van der Waals surface area contributed by atoms with Crippen LogP contribution in [0, 0.1) is 5.82 Å². The molecule has 2 heterocycles. The molecule has 0 unspecified atom stereocenters. The van der Waals surface area contributed by atoms with Crippen LogP contribution in [-0.2, 0) is 5.75 Å². The predicted molar refractivity (Wildman–Crippen MR) is 108 cm³/mol. The van der Waals surface area contributed by atoms with E-state index in [9.17, 15) is 9.18 Å². The molecular formula is C20H14FN3O2S2. The average Bonchev–Trinajstić information content (AvgIpc) is 3.37. The van der Waals surface area contributed by atoms with Crippen molar-refractivity contribution in [3.8, 4) is 16.4 Å². The number of halogens is 1. The lowest BCUT2D eigenvalue weighted by Crippen LogP contribution is -1.99. The first-order valence-electron chi connectivity index (χ1n) is 8.32. The molecule has 140 valence electrons. The van der Waals surface area contributed by atoms with Crippen molar-refractivity contribution in [1.82, 2.24) is 14.8 Å². The lowest BCUT2D eigenvalue weighted by Gasteiger charge is -2.09. The van der Waals surface area contributed by atoms with Crippen LogP contribution in [-0.4, -0.2) is 25.8 Å². The Labute approximate surface area is 168 Å². The fraction of sp³-hybridized carbons (Fsp3) is 0.0500. The number of hydrogen-bond acceptors (Lipinski definition) is 5. The zero-order valence-corrected chi connectivity index (χ0v) is 16.1. The van der Waals surface area contributed by atoms with Gasteiger partial charge in [0.25, 0.3) is 0 Å². The molecule has 1 N–H and O–H groups in total. The molecule has 2 aromatic heterocycles. The van der Waals surface area contributed by atoms with E-state index in [-0.39, 0.29) is 11.4 Å². The van der Waals surface area contributed by atoms with Crippen LogP contribution in [0.25, 0.3) is 16.4 Å². The molecule has 8 heteroatoms. The van der Waals surface area contributed by atoms with Gasteiger partial charge in [0, 0.05) is 11.4 Å². The van der Waals surface area contributed by atoms with E-state index in [1.165, 1.54) is 23.9 Å². The quantitative estimate of drug-likeness (QED) is 0.446. The molecule has 0 atom stereocenters. The van der Waals surface area contributed by atoms with E-state index in [0.717, 1.165) is 16.1 Å². The van der Waals surface area contributed by atoms with Crippen LogP contribution in [0.15, 0.2) is 71.2 Å². The lowest BCUT2D eigenvalue weighted by atomic mass is 10.1. The fourth-order valence-electron chi connectivity index (χ4n) is 2.64. The van der Waals surface area contributed by atoms with Crippen molar-refractivity contribution in [3.63, 3.8) is 0 Å². The van der Waals surface area contributed by atoms with Gasteiger partial charge < -0.3 is 5.11 Å². The maximum Gasteiger partial charge on any atom is 0.335 e. The summed E-state index contributed by atoms with van der Waals surface area (Å²) in [6.45, 7) is 0. The highest BCUT2D eigenvalue weighted by Gasteiger charge is 2.17. The van der Waals surface area contributed by atoms with Crippen LogP contribution in [0.2, 0.25) is 0 Å². The van der Waals surface area contributed by atoms with Gasteiger partial charge in [0.15, 0.2) is 11.0 Å².